The summed E-state index contributed by atoms with van der Waals surface area (Å²) in [6.07, 6.45) is 9.87. The van der Waals surface area contributed by atoms with Gasteiger partial charge in [0.15, 0.2) is 23.0 Å². The van der Waals surface area contributed by atoms with Crippen molar-refractivity contribution in [3.63, 3.8) is 0 Å². The van der Waals surface area contributed by atoms with Crippen LogP contribution in [0.15, 0.2) is 48.5 Å². The number of para-hydroxylation sites is 4. The summed E-state index contributed by atoms with van der Waals surface area (Å²) in [7, 11) is 0. The third-order valence-corrected chi connectivity index (χ3v) is 6.64. The summed E-state index contributed by atoms with van der Waals surface area (Å²) in [5.41, 5.74) is -0.985. The van der Waals surface area contributed by atoms with E-state index in [1.807, 2.05) is 48.5 Å². The molecule has 1 heterocycles. The third kappa shape index (κ3) is 11.3. The molecule has 0 aromatic heterocycles. The molecule has 1 aliphatic rings. The Bertz CT molecular complexity index is 908. The molecule has 0 atom stereocenters. The molecule has 2 aromatic carbocycles. The van der Waals surface area contributed by atoms with E-state index >= 15 is 0 Å². The number of ether oxygens (including phenoxy) is 6. The Morgan fingerprint density at radius 2 is 1.18 bits per heavy atom. The molecular weight excluding hydrogens is 500 g/mol. The smallest absolute Gasteiger partial charge is 0.329 e. The molecule has 8 nitrogen and oxygen atoms in total. The third-order valence-electron chi connectivity index (χ3n) is 6.64. The Balaban J connectivity index is 1.79. The maximum atomic E-state index is 11.6. The number of aliphatic carboxylic acids is 1. The van der Waals surface area contributed by atoms with Crippen LogP contribution < -0.4 is 18.9 Å². The van der Waals surface area contributed by atoms with Crippen molar-refractivity contribution in [2.45, 2.75) is 70.3 Å². The van der Waals surface area contributed by atoms with Gasteiger partial charge in [0.2, 0.25) is 0 Å². The van der Waals surface area contributed by atoms with Gasteiger partial charge in [0.25, 0.3) is 0 Å². The fraction of sp³-hybridized carbons (Fsp3) is 0.581. The van der Waals surface area contributed by atoms with E-state index in [2.05, 4.69) is 6.92 Å². The molecule has 0 amide bonds. The zero-order valence-electron chi connectivity index (χ0n) is 23.2. The minimum absolute atomic E-state index is 0.108. The molecule has 8 heteroatoms. The molecule has 0 radical (unpaired) electrons. The molecule has 0 fully saturated rings. The number of hydrogen-bond donors (Lipinski definition) is 1. The molecule has 3 rings (SSSR count). The van der Waals surface area contributed by atoms with Crippen molar-refractivity contribution in [3.8, 4) is 23.0 Å². The van der Waals surface area contributed by atoms with Crippen LogP contribution in [0.2, 0.25) is 0 Å². The number of fused-ring (bicyclic) bond motifs is 2. The van der Waals surface area contributed by atoms with Crippen LogP contribution in [-0.2, 0) is 14.3 Å². The van der Waals surface area contributed by atoms with Crippen LogP contribution in [0.3, 0.4) is 0 Å². The Labute approximate surface area is 232 Å². The number of carboxylic acid groups (broad SMARTS) is 1. The number of unbranched alkanes of at least 4 members (excludes halogenated alkanes) is 7. The lowest BCUT2D eigenvalue weighted by atomic mass is 9.96. The van der Waals surface area contributed by atoms with E-state index in [1.165, 1.54) is 32.1 Å². The van der Waals surface area contributed by atoms with E-state index in [-0.39, 0.29) is 13.2 Å². The van der Waals surface area contributed by atoms with Crippen molar-refractivity contribution in [2.75, 3.05) is 46.2 Å². The molecule has 0 saturated carbocycles. The van der Waals surface area contributed by atoms with Crippen LogP contribution in [0.4, 0.5) is 0 Å². The van der Waals surface area contributed by atoms with Crippen molar-refractivity contribution in [3.05, 3.63) is 48.5 Å². The lowest BCUT2D eigenvalue weighted by Crippen LogP contribution is -2.46. The molecule has 0 bridgehead atoms. The number of carbonyl (C=O) groups is 1. The largest absolute Gasteiger partial charge is 0.487 e. The predicted molar refractivity (Wildman–Crippen MR) is 149 cm³/mol. The van der Waals surface area contributed by atoms with Crippen molar-refractivity contribution in [1.29, 1.82) is 0 Å². The van der Waals surface area contributed by atoms with E-state index in [1.54, 1.807) is 0 Å². The van der Waals surface area contributed by atoms with Crippen LogP contribution in [0, 0.1) is 0 Å². The van der Waals surface area contributed by atoms with Gasteiger partial charge in [-0.2, -0.15) is 0 Å². The van der Waals surface area contributed by atoms with Gasteiger partial charge in [-0.25, -0.2) is 4.79 Å². The van der Waals surface area contributed by atoms with Crippen molar-refractivity contribution in [1.82, 2.24) is 0 Å². The first kappa shape index (κ1) is 30.6. The average Bonchev–Trinajstić information content (AvgIpc) is 2.95. The van der Waals surface area contributed by atoms with Gasteiger partial charge in [0.05, 0.1) is 13.2 Å². The minimum atomic E-state index is -1.04. The first-order valence-electron chi connectivity index (χ1n) is 14.2. The van der Waals surface area contributed by atoms with E-state index in [9.17, 15) is 9.90 Å². The number of benzene rings is 2. The Kier molecular flexibility index (Phi) is 13.8. The Morgan fingerprint density at radius 1 is 0.718 bits per heavy atom. The van der Waals surface area contributed by atoms with Crippen molar-refractivity contribution < 1.29 is 38.3 Å². The number of rotatable bonds is 12. The second-order valence-electron chi connectivity index (χ2n) is 9.87. The molecule has 2 aromatic rings. The summed E-state index contributed by atoms with van der Waals surface area (Å²) < 4.78 is 36.0. The number of hydrogen-bond acceptors (Lipinski definition) is 7. The standard InChI is InChI=1S/C31H44O8/c1-2-3-4-5-6-7-8-13-18-31(39-23-30(32)33)24-37-28-16-11-9-14-26(28)35-21-19-34-20-22-36-27-15-10-12-17-29(27)38-25-31/h9-12,14-17H,2-8,13,18-25H2,1H3,(H,32,33). The van der Waals surface area contributed by atoms with Gasteiger partial charge in [-0.15, -0.1) is 0 Å². The predicted octanol–water partition coefficient (Wildman–Crippen LogP) is 6.30. The molecule has 216 valence electrons. The van der Waals surface area contributed by atoms with Gasteiger partial charge in [0.1, 0.15) is 38.6 Å². The Morgan fingerprint density at radius 3 is 1.67 bits per heavy atom. The second kappa shape index (κ2) is 17.6. The van der Waals surface area contributed by atoms with Crippen LogP contribution in [-0.4, -0.2) is 62.9 Å². The van der Waals surface area contributed by atoms with Gasteiger partial charge in [-0.05, 0) is 30.7 Å². The zero-order chi connectivity index (χ0) is 27.6. The van der Waals surface area contributed by atoms with Gasteiger partial charge < -0.3 is 33.5 Å². The highest BCUT2D eigenvalue weighted by molar-refractivity contribution is 5.68. The van der Waals surface area contributed by atoms with Gasteiger partial charge >= 0.3 is 5.97 Å². The van der Waals surface area contributed by atoms with Crippen LogP contribution >= 0.6 is 0 Å². The fourth-order valence-corrected chi connectivity index (χ4v) is 4.46. The van der Waals surface area contributed by atoms with Crippen molar-refractivity contribution >= 4 is 5.97 Å². The molecule has 0 saturated heterocycles. The SMILES string of the molecule is CCCCCCCCCCC1(OCC(=O)O)COc2ccccc2OCCOCCOc2ccccc2OC1. The summed E-state index contributed by atoms with van der Waals surface area (Å²) in [6, 6.07) is 14.9. The summed E-state index contributed by atoms with van der Waals surface area (Å²) >= 11 is 0. The topological polar surface area (TPSA) is 92.7 Å². The molecular formula is C31H44O8. The highest BCUT2D eigenvalue weighted by atomic mass is 16.6. The van der Waals surface area contributed by atoms with Gasteiger partial charge in [-0.1, -0.05) is 82.6 Å². The van der Waals surface area contributed by atoms with Crippen LogP contribution in [0.5, 0.6) is 23.0 Å². The van der Waals surface area contributed by atoms with Crippen LogP contribution in [0.1, 0.15) is 64.7 Å². The lowest BCUT2D eigenvalue weighted by molar-refractivity contribution is -0.156. The summed E-state index contributed by atoms with van der Waals surface area (Å²) in [5.74, 6) is 1.27. The first-order chi connectivity index (χ1) is 19.1. The fourth-order valence-electron chi connectivity index (χ4n) is 4.46. The first-order valence-corrected chi connectivity index (χ1v) is 14.2. The minimum Gasteiger partial charge on any atom is -0.487 e. The molecule has 1 N–H and O–H groups in total. The zero-order valence-corrected chi connectivity index (χ0v) is 23.2. The molecule has 0 aliphatic carbocycles. The maximum Gasteiger partial charge on any atom is 0.329 e. The van der Waals surface area contributed by atoms with Gasteiger partial charge in [0, 0.05) is 0 Å². The molecule has 0 unspecified atom stereocenters. The molecule has 0 spiro atoms. The normalized spacial score (nSPS) is 15.9. The summed E-state index contributed by atoms with van der Waals surface area (Å²) in [6.45, 7) is 3.52. The highest BCUT2D eigenvalue weighted by Crippen LogP contribution is 2.32. The van der Waals surface area contributed by atoms with E-state index in [0.717, 1.165) is 19.3 Å². The van der Waals surface area contributed by atoms with E-state index < -0.39 is 18.2 Å². The van der Waals surface area contributed by atoms with Crippen molar-refractivity contribution in [2.24, 2.45) is 0 Å². The molecule has 39 heavy (non-hydrogen) atoms. The summed E-state index contributed by atoms with van der Waals surface area (Å²) in [4.78, 5) is 11.6. The summed E-state index contributed by atoms with van der Waals surface area (Å²) in [5, 5.41) is 9.46. The lowest BCUT2D eigenvalue weighted by Gasteiger charge is -2.33. The quantitative estimate of drug-likeness (QED) is 0.311. The van der Waals surface area contributed by atoms with Crippen LogP contribution in [0.25, 0.3) is 0 Å². The maximum absolute atomic E-state index is 11.6. The van der Waals surface area contributed by atoms with E-state index in [0.29, 0.717) is 55.8 Å². The highest BCUT2D eigenvalue weighted by Gasteiger charge is 2.35. The van der Waals surface area contributed by atoms with E-state index in [4.69, 9.17) is 28.4 Å². The molecule has 1 aliphatic heterocycles. The monoisotopic (exact) mass is 544 g/mol. The number of carboxylic acids is 1. The average molecular weight is 545 g/mol. The second-order valence-corrected chi connectivity index (χ2v) is 9.87. The Hall–Kier alpha value is -2.97. The van der Waals surface area contributed by atoms with Gasteiger partial charge in [-0.3, -0.25) is 0 Å².